The predicted molar refractivity (Wildman–Crippen MR) is 84.2 cm³/mol. The first-order valence-electron chi connectivity index (χ1n) is 7.05. The molecule has 1 aromatic heterocycles. The normalized spacial score (nSPS) is 17.5. The van der Waals surface area contributed by atoms with Crippen LogP contribution in [-0.4, -0.2) is 32.1 Å². The number of carbonyl (C=O) groups excluding carboxylic acids is 2. The highest BCUT2D eigenvalue weighted by Crippen LogP contribution is 2.39. The molecule has 118 valence electrons. The van der Waals surface area contributed by atoms with E-state index >= 15 is 0 Å². The van der Waals surface area contributed by atoms with Crippen LogP contribution < -0.4 is 4.90 Å². The summed E-state index contributed by atoms with van der Waals surface area (Å²) < 4.78 is 4.88. The molecule has 0 saturated carbocycles. The third-order valence-electron chi connectivity index (χ3n) is 3.79. The lowest BCUT2D eigenvalue weighted by Gasteiger charge is -2.16. The van der Waals surface area contributed by atoms with Crippen LogP contribution in [-0.2, 0) is 16.0 Å². The Balaban J connectivity index is 2.38. The molecule has 22 heavy (non-hydrogen) atoms. The fourth-order valence-electron chi connectivity index (χ4n) is 2.74. The molecule has 1 aliphatic heterocycles. The summed E-state index contributed by atoms with van der Waals surface area (Å²) >= 11 is 1.44. The molecule has 0 spiro atoms. The summed E-state index contributed by atoms with van der Waals surface area (Å²) in [5.41, 5.74) is 9.82. The fraction of sp³-hybridized carbons (Fsp3) is 0.571. The van der Waals surface area contributed by atoms with E-state index in [1.54, 1.807) is 4.90 Å². The number of aryl methyl sites for hydroxylation is 1. The van der Waals surface area contributed by atoms with E-state index in [1.165, 1.54) is 18.4 Å². The molecule has 7 nitrogen and oxygen atoms in total. The van der Waals surface area contributed by atoms with E-state index in [9.17, 15) is 9.59 Å². The number of methoxy groups -OCH3 is 1. The standard InChI is InChI=1S/C14H18N4O3S/c1-4-10-8(2)22-13(12(10)14(20)21-3)18-7-9(5-11(18)19)6-16-17-15/h9H,4-7H2,1-3H3. The minimum absolute atomic E-state index is 0.0126. The van der Waals surface area contributed by atoms with Gasteiger partial charge in [-0.05, 0) is 30.4 Å². The lowest BCUT2D eigenvalue weighted by Crippen LogP contribution is -2.26. The molecule has 1 fully saturated rings. The van der Waals surface area contributed by atoms with Crippen molar-refractivity contribution in [1.82, 2.24) is 0 Å². The van der Waals surface area contributed by atoms with Crippen molar-refractivity contribution >= 4 is 28.2 Å². The van der Waals surface area contributed by atoms with Gasteiger partial charge in [0.05, 0.1) is 12.7 Å². The van der Waals surface area contributed by atoms with Crippen LogP contribution in [0.2, 0.25) is 0 Å². The highest BCUT2D eigenvalue weighted by molar-refractivity contribution is 7.17. The number of anilines is 1. The van der Waals surface area contributed by atoms with Gasteiger partial charge in [0.2, 0.25) is 5.91 Å². The number of carbonyl (C=O) groups is 2. The fourth-order valence-corrected chi connectivity index (χ4v) is 4.00. The molecule has 1 unspecified atom stereocenters. The van der Waals surface area contributed by atoms with Crippen molar-refractivity contribution in [3.63, 3.8) is 0 Å². The smallest absolute Gasteiger partial charge is 0.341 e. The Morgan fingerprint density at radius 1 is 1.59 bits per heavy atom. The number of hydrogen-bond donors (Lipinski definition) is 0. The van der Waals surface area contributed by atoms with Crippen molar-refractivity contribution in [1.29, 1.82) is 0 Å². The van der Waals surface area contributed by atoms with Gasteiger partial charge in [-0.15, -0.1) is 11.3 Å². The van der Waals surface area contributed by atoms with Crippen LogP contribution in [0.5, 0.6) is 0 Å². The zero-order valence-electron chi connectivity index (χ0n) is 12.8. The molecule has 2 heterocycles. The van der Waals surface area contributed by atoms with Crippen molar-refractivity contribution in [3.05, 3.63) is 26.4 Å². The first-order valence-corrected chi connectivity index (χ1v) is 7.86. The van der Waals surface area contributed by atoms with Gasteiger partial charge in [0.1, 0.15) is 5.00 Å². The Morgan fingerprint density at radius 3 is 2.91 bits per heavy atom. The molecule has 0 N–H and O–H groups in total. The molecule has 0 radical (unpaired) electrons. The molecular weight excluding hydrogens is 304 g/mol. The number of hydrogen-bond acceptors (Lipinski definition) is 5. The van der Waals surface area contributed by atoms with Crippen LogP contribution in [0.15, 0.2) is 5.11 Å². The van der Waals surface area contributed by atoms with E-state index < -0.39 is 5.97 Å². The molecule has 2 rings (SSSR count). The number of thiophene rings is 1. The van der Waals surface area contributed by atoms with Gasteiger partial charge in [0.15, 0.2) is 0 Å². The summed E-state index contributed by atoms with van der Waals surface area (Å²) in [4.78, 5) is 29.8. The first-order chi connectivity index (χ1) is 10.5. The van der Waals surface area contributed by atoms with Crippen LogP contribution in [0.25, 0.3) is 10.4 Å². The second kappa shape index (κ2) is 6.81. The quantitative estimate of drug-likeness (QED) is 0.361. The number of nitrogens with zero attached hydrogens (tertiary/aromatic N) is 4. The number of esters is 1. The molecule has 0 bridgehead atoms. The number of rotatable bonds is 5. The van der Waals surface area contributed by atoms with Crippen LogP contribution in [0.3, 0.4) is 0 Å². The molecular formula is C14H18N4O3S. The average Bonchev–Trinajstić information content (AvgIpc) is 3.03. The average molecular weight is 322 g/mol. The Kier molecular flexibility index (Phi) is 5.05. The van der Waals surface area contributed by atoms with E-state index in [0.717, 1.165) is 10.4 Å². The van der Waals surface area contributed by atoms with Crippen molar-refractivity contribution in [2.75, 3.05) is 25.1 Å². The number of azide groups is 1. The van der Waals surface area contributed by atoms with Crippen LogP contribution in [0.1, 0.15) is 34.1 Å². The Hall–Kier alpha value is -2.05. The maximum atomic E-state index is 12.3. The Labute approximate surface area is 132 Å². The molecule has 1 aromatic rings. The Morgan fingerprint density at radius 2 is 2.32 bits per heavy atom. The Bertz CT molecular complexity index is 649. The van der Waals surface area contributed by atoms with Crippen molar-refractivity contribution < 1.29 is 14.3 Å². The lowest BCUT2D eigenvalue weighted by molar-refractivity contribution is -0.117. The highest BCUT2D eigenvalue weighted by atomic mass is 32.1. The van der Waals surface area contributed by atoms with Crippen LogP contribution in [0, 0.1) is 12.8 Å². The lowest BCUT2D eigenvalue weighted by atomic mass is 10.1. The topological polar surface area (TPSA) is 95.4 Å². The van der Waals surface area contributed by atoms with Gasteiger partial charge < -0.3 is 9.64 Å². The van der Waals surface area contributed by atoms with E-state index in [-0.39, 0.29) is 18.4 Å². The van der Waals surface area contributed by atoms with Gasteiger partial charge in [-0.25, -0.2) is 4.79 Å². The molecule has 0 aromatic carbocycles. The first kappa shape index (κ1) is 16.3. The van der Waals surface area contributed by atoms with Gasteiger partial charge >= 0.3 is 5.97 Å². The van der Waals surface area contributed by atoms with Crippen LogP contribution >= 0.6 is 11.3 Å². The summed E-state index contributed by atoms with van der Waals surface area (Å²) in [6, 6.07) is 0. The number of ether oxygens (including phenoxy) is 1. The second-order valence-corrected chi connectivity index (χ2v) is 6.35. The van der Waals surface area contributed by atoms with E-state index in [0.29, 0.717) is 30.0 Å². The van der Waals surface area contributed by atoms with Crippen molar-refractivity contribution in [3.8, 4) is 0 Å². The zero-order chi connectivity index (χ0) is 16.3. The molecule has 0 aliphatic carbocycles. The zero-order valence-corrected chi connectivity index (χ0v) is 13.6. The monoisotopic (exact) mass is 322 g/mol. The second-order valence-electron chi connectivity index (χ2n) is 5.15. The van der Waals surface area contributed by atoms with Gasteiger partial charge in [0, 0.05) is 29.3 Å². The molecule has 1 saturated heterocycles. The minimum Gasteiger partial charge on any atom is -0.465 e. The molecule has 1 atom stereocenters. The summed E-state index contributed by atoms with van der Waals surface area (Å²) in [5, 5.41) is 4.19. The van der Waals surface area contributed by atoms with Gasteiger partial charge in [-0.3, -0.25) is 4.79 Å². The SMILES string of the molecule is CCc1c(C)sc(N2CC(CN=[N+]=[N-])CC2=O)c1C(=O)OC. The van der Waals surface area contributed by atoms with Gasteiger partial charge in [-0.2, -0.15) is 0 Å². The minimum atomic E-state index is -0.414. The van der Waals surface area contributed by atoms with Crippen LogP contribution in [0.4, 0.5) is 5.00 Å². The maximum absolute atomic E-state index is 12.3. The third kappa shape index (κ3) is 2.93. The summed E-state index contributed by atoms with van der Waals surface area (Å²) in [6.07, 6.45) is 1.04. The largest absolute Gasteiger partial charge is 0.465 e. The molecule has 1 aliphatic rings. The molecule has 8 heteroatoms. The van der Waals surface area contributed by atoms with E-state index in [1.807, 2.05) is 13.8 Å². The maximum Gasteiger partial charge on any atom is 0.341 e. The summed E-state index contributed by atoms with van der Waals surface area (Å²) in [6.45, 7) is 4.67. The van der Waals surface area contributed by atoms with Gasteiger partial charge in [0.25, 0.3) is 0 Å². The predicted octanol–water partition coefficient (Wildman–Crippen LogP) is 3.07. The third-order valence-corrected chi connectivity index (χ3v) is 4.96. The molecule has 1 amide bonds. The van der Waals surface area contributed by atoms with E-state index in [4.69, 9.17) is 10.3 Å². The van der Waals surface area contributed by atoms with Gasteiger partial charge in [-0.1, -0.05) is 12.0 Å². The summed E-state index contributed by atoms with van der Waals surface area (Å²) in [5.74, 6) is -0.476. The number of amides is 1. The highest BCUT2D eigenvalue weighted by Gasteiger charge is 2.35. The van der Waals surface area contributed by atoms with E-state index in [2.05, 4.69) is 10.0 Å². The van der Waals surface area contributed by atoms with Crippen molar-refractivity contribution in [2.24, 2.45) is 11.0 Å². The van der Waals surface area contributed by atoms with Crippen molar-refractivity contribution in [2.45, 2.75) is 26.7 Å². The summed E-state index contributed by atoms with van der Waals surface area (Å²) in [7, 11) is 1.34.